The largest absolute Gasteiger partial charge is 0.364 e. The minimum Gasteiger partial charge on any atom is -0.364 e. The smallest absolute Gasteiger partial charge is 0.269 e. The second-order valence-electron chi connectivity index (χ2n) is 10.0. The van der Waals surface area contributed by atoms with E-state index in [1.54, 1.807) is 17.0 Å². The number of nitro benzene ring substituents is 1. The summed E-state index contributed by atoms with van der Waals surface area (Å²) in [5.41, 5.74) is 0.761. The number of nitrogens with one attached hydrogen (secondary N) is 1. The van der Waals surface area contributed by atoms with Crippen molar-refractivity contribution in [1.29, 1.82) is 0 Å². The summed E-state index contributed by atoms with van der Waals surface area (Å²) in [6.07, 6.45) is 5.63. The molecule has 4 aliphatic rings. The molecule has 3 aliphatic heterocycles. The average Bonchev–Trinajstić information content (AvgIpc) is 3.43. The molecule has 2 aromatic carbocycles. The molecule has 1 saturated carbocycles. The summed E-state index contributed by atoms with van der Waals surface area (Å²) < 4.78 is 0. The van der Waals surface area contributed by atoms with Gasteiger partial charge in [-0.3, -0.25) is 19.7 Å². The standard InChI is InChI=1S/C26H28N4O4/c1-17(31)28-16-15-25-21-9-5-6-10-22(21)27-23(25)29(19-7-3-2-4-8-19)24(32)26(25,28)18-11-13-20(14-12-18)30(33)34/h5-6,9-14,19,23,27H,2-4,7-8,15-16H2,1H3/t23-,25-,26-/m1/s1. The van der Waals surface area contributed by atoms with Gasteiger partial charge >= 0.3 is 0 Å². The lowest BCUT2D eigenvalue weighted by Gasteiger charge is -2.42. The number of anilines is 1. The van der Waals surface area contributed by atoms with Crippen molar-refractivity contribution in [2.45, 2.75) is 68.6 Å². The molecule has 2 amide bonds. The molecule has 34 heavy (non-hydrogen) atoms. The van der Waals surface area contributed by atoms with Gasteiger partial charge in [-0.25, -0.2) is 0 Å². The van der Waals surface area contributed by atoms with E-state index < -0.39 is 15.9 Å². The van der Waals surface area contributed by atoms with Crippen LogP contribution in [0.2, 0.25) is 0 Å². The summed E-state index contributed by atoms with van der Waals surface area (Å²) in [5, 5.41) is 15.0. The Hall–Kier alpha value is -3.42. The molecule has 2 aromatic rings. The lowest BCUT2D eigenvalue weighted by Crippen LogP contribution is -2.57. The highest BCUT2D eigenvalue weighted by molar-refractivity contribution is 6.00. The number of benzene rings is 2. The Morgan fingerprint density at radius 2 is 1.79 bits per heavy atom. The second-order valence-corrected chi connectivity index (χ2v) is 10.0. The van der Waals surface area contributed by atoms with Crippen LogP contribution in [0.15, 0.2) is 48.5 Å². The highest BCUT2D eigenvalue weighted by atomic mass is 16.6. The van der Waals surface area contributed by atoms with E-state index in [0.717, 1.165) is 36.9 Å². The summed E-state index contributed by atoms with van der Waals surface area (Å²) in [6, 6.07) is 14.5. The summed E-state index contributed by atoms with van der Waals surface area (Å²) in [7, 11) is 0. The van der Waals surface area contributed by atoms with Crippen LogP contribution in [0.3, 0.4) is 0 Å². The molecule has 3 atom stereocenters. The van der Waals surface area contributed by atoms with Crippen LogP contribution in [0.5, 0.6) is 0 Å². The number of rotatable bonds is 3. The van der Waals surface area contributed by atoms with Gasteiger partial charge in [0.05, 0.1) is 10.3 Å². The fourth-order valence-electron chi connectivity index (χ4n) is 7.37. The lowest BCUT2D eigenvalue weighted by molar-refractivity contribution is -0.384. The van der Waals surface area contributed by atoms with Gasteiger partial charge in [-0.2, -0.15) is 0 Å². The molecular weight excluding hydrogens is 432 g/mol. The first-order valence-corrected chi connectivity index (χ1v) is 12.1. The first-order chi connectivity index (χ1) is 16.4. The molecule has 0 radical (unpaired) electrons. The van der Waals surface area contributed by atoms with Crippen molar-refractivity contribution in [1.82, 2.24) is 9.80 Å². The minimum absolute atomic E-state index is 0.0300. The molecule has 3 heterocycles. The van der Waals surface area contributed by atoms with Crippen molar-refractivity contribution >= 4 is 23.2 Å². The zero-order valence-corrected chi connectivity index (χ0v) is 19.2. The number of likely N-dealkylation sites (tertiary alicyclic amines) is 2. The maximum atomic E-state index is 14.7. The number of fused-ring (bicyclic) bond motifs is 1. The molecule has 0 aromatic heterocycles. The zero-order valence-electron chi connectivity index (χ0n) is 19.2. The summed E-state index contributed by atoms with van der Waals surface area (Å²) >= 11 is 0. The third-order valence-electron chi connectivity index (χ3n) is 8.61. The van der Waals surface area contributed by atoms with Crippen molar-refractivity contribution < 1.29 is 14.5 Å². The van der Waals surface area contributed by atoms with Gasteiger partial charge < -0.3 is 15.1 Å². The monoisotopic (exact) mass is 460 g/mol. The third kappa shape index (κ3) is 2.43. The topological polar surface area (TPSA) is 95.8 Å². The highest BCUT2D eigenvalue weighted by Gasteiger charge is 2.78. The summed E-state index contributed by atoms with van der Waals surface area (Å²) in [6.45, 7) is 1.98. The van der Waals surface area contributed by atoms with Crippen LogP contribution in [0.1, 0.15) is 56.6 Å². The van der Waals surface area contributed by atoms with Crippen molar-refractivity contribution in [2.24, 2.45) is 0 Å². The molecule has 6 rings (SSSR count). The van der Waals surface area contributed by atoms with Crippen LogP contribution in [0.4, 0.5) is 11.4 Å². The molecule has 3 fully saturated rings. The first kappa shape index (κ1) is 21.1. The highest BCUT2D eigenvalue weighted by Crippen LogP contribution is 2.66. The number of amides is 2. The maximum Gasteiger partial charge on any atom is 0.269 e. The van der Waals surface area contributed by atoms with Gasteiger partial charge in [0.15, 0.2) is 5.54 Å². The fraction of sp³-hybridized carbons (Fsp3) is 0.462. The minimum atomic E-state index is -1.24. The number of nitro groups is 1. The molecule has 1 N–H and O–H groups in total. The van der Waals surface area contributed by atoms with E-state index in [1.807, 2.05) is 23.1 Å². The molecule has 176 valence electrons. The van der Waals surface area contributed by atoms with Gasteiger partial charge in [-0.1, -0.05) is 37.5 Å². The van der Waals surface area contributed by atoms with Gasteiger partial charge in [0.1, 0.15) is 6.17 Å². The predicted octanol–water partition coefficient (Wildman–Crippen LogP) is 3.91. The molecule has 8 nitrogen and oxygen atoms in total. The Kier molecular flexibility index (Phi) is 4.53. The zero-order chi connectivity index (χ0) is 23.7. The fourth-order valence-corrected chi connectivity index (χ4v) is 7.37. The van der Waals surface area contributed by atoms with E-state index in [9.17, 15) is 19.7 Å². The summed E-state index contributed by atoms with van der Waals surface area (Å²) in [5.74, 6) is -0.217. The van der Waals surface area contributed by atoms with Crippen molar-refractivity contribution in [2.75, 3.05) is 11.9 Å². The normalized spacial score (nSPS) is 30.0. The van der Waals surface area contributed by atoms with Gasteiger partial charge in [0.25, 0.3) is 11.6 Å². The Morgan fingerprint density at radius 1 is 1.09 bits per heavy atom. The third-order valence-corrected chi connectivity index (χ3v) is 8.61. The molecule has 1 spiro atoms. The van der Waals surface area contributed by atoms with Crippen molar-refractivity contribution in [3.63, 3.8) is 0 Å². The van der Waals surface area contributed by atoms with E-state index in [0.29, 0.717) is 18.5 Å². The maximum absolute atomic E-state index is 14.7. The predicted molar refractivity (Wildman–Crippen MR) is 126 cm³/mol. The van der Waals surface area contributed by atoms with Crippen molar-refractivity contribution in [3.05, 3.63) is 69.8 Å². The van der Waals surface area contributed by atoms with Gasteiger partial charge in [0, 0.05) is 37.3 Å². The second kappa shape index (κ2) is 7.29. The number of hydrogen-bond acceptors (Lipinski definition) is 5. The van der Waals surface area contributed by atoms with Crippen molar-refractivity contribution in [3.8, 4) is 0 Å². The summed E-state index contributed by atoms with van der Waals surface area (Å²) in [4.78, 5) is 42.5. The number of nitrogens with zero attached hydrogens (tertiary/aromatic N) is 3. The van der Waals surface area contributed by atoms with Crippen LogP contribution in [-0.4, -0.2) is 45.3 Å². The molecular formula is C26H28N4O4. The number of carbonyl (C=O) groups is 2. The van der Waals surface area contributed by atoms with Crippen LogP contribution in [-0.2, 0) is 20.5 Å². The number of para-hydroxylation sites is 1. The quantitative estimate of drug-likeness (QED) is 0.554. The SMILES string of the molecule is CC(=O)N1CC[C@@]23c4ccccc4N[C@@H]2N(C2CCCCC2)C(=O)[C@@]13c1ccc([N+](=O)[O-])cc1. The molecule has 8 heteroatoms. The Bertz CT molecular complexity index is 1190. The van der Waals surface area contributed by atoms with Crippen LogP contribution >= 0.6 is 0 Å². The van der Waals surface area contributed by atoms with Gasteiger partial charge in [0.2, 0.25) is 5.91 Å². The average molecular weight is 461 g/mol. The molecule has 2 saturated heterocycles. The van der Waals surface area contributed by atoms with Crippen LogP contribution in [0.25, 0.3) is 0 Å². The number of non-ortho nitro benzene ring substituents is 1. The molecule has 0 bridgehead atoms. The van der Waals surface area contributed by atoms with E-state index in [2.05, 4.69) is 11.4 Å². The Balaban J connectivity index is 1.63. The van der Waals surface area contributed by atoms with Crippen LogP contribution < -0.4 is 5.32 Å². The molecule has 1 aliphatic carbocycles. The number of carbonyl (C=O) groups excluding carboxylic acids is 2. The van der Waals surface area contributed by atoms with E-state index in [-0.39, 0.29) is 29.7 Å². The van der Waals surface area contributed by atoms with Gasteiger partial charge in [-0.05, 0) is 48.6 Å². The lowest BCUT2D eigenvalue weighted by atomic mass is 9.64. The molecule has 0 unspecified atom stereocenters. The van der Waals surface area contributed by atoms with E-state index in [4.69, 9.17) is 0 Å². The Labute approximate surface area is 198 Å². The number of hydrogen-bond donors (Lipinski definition) is 1. The van der Waals surface area contributed by atoms with Crippen LogP contribution in [0, 0.1) is 10.1 Å². The van der Waals surface area contributed by atoms with Gasteiger partial charge in [-0.15, -0.1) is 0 Å². The Morgan fingerprint density at radius 3 is 2.47 bits per heavy atom. The van der Waals surface area contributed by atoms with E-state index in [1.165, 1.54) is 25.5 Å². The first-order valence-electron chi connectivity index (χ1n) is 12.1. The van der Waals surface area contributed by atoms with E-state index >= 15 is 0 Å².